The normalized spacial score (nSPS) is 13.0. The highest BCUT2D eigenvalue weighted by Gasteiger charge is 2.17. The Kier molecular flexibility index (Phi) is 3.34. The van der Waals surface area contributed by atoms with Crippen molar-refractivity contribution in [3.63, 3.8) is 0 Å². The number of hydrogen-bond acceptors (Lipinski definition) is 1. The molecule has 1 aromatic heterocycles. The predicted molar refractivity (Wildman–Crippen MR) is 70.0 cm³/mol. The number of aliphatic hydroxyl groups is 1. The van der Waals surface area contributed by atoms with Gasteiger partial charge in [0, 0.05) is 13.2 Å². The number of aliphatic hydroxyl groups excluding tert-OH is 1. The Bertz CT molecular complexity index is 499. The fourth-order valence-electron chi connectivity index (χ4n) is 2.20. The van der Waals surface area contributed by atoms with Gasteiger partial charge in [-0.15, -0.1) is 0 Å². The lowest BCUT2D eigenvalue weighted by atomic mass is 9.93. The van der Waals surface area contributed by atoms with Crippen molar-refractivity contribution in [2.75, 3.05) is 0 Å². The van der Waals surface area contributed by atoms with Gasteiger partial charge in [-0.3, -0.25) is 0 Å². The van der Waals surface area contributed by atoms with Crippen molar-refractivity contribution in [3.8, 4) is 0 Å². The van der Waals surface area contributed by atoms with Crippen molar-refractivity contribution in [2.45, 2.75) is 25.9 Å². The Labute approximate surface area is 103 Å². The van der Waals surface area contributed by atoms with E-state index in [1.54, 1.807) is 0 Å². The summed E-state index contributed by atoms with van der Waals surface area (Å²) in [5, 5.41) is 10.5. The van der Waals surface area contributed by atoms with E-state index in [1.807, 2.05) is 48.1 Å². The van der Waals surface area contributed by atoms with Crippen molar-refractivity contribution in [2.24, 2.45) is 7.05 Å². The van der Waals surface area contributed by atoms with E-state index in [4.69, 9.17) is 0 Å². The van der Waals surface area contributed by atoms with Crippen LogP contribution in [0.4, 0.5) is 0 Å². The van der Waals surface area contributed by atoms with Gasteiger partial charge in [-0.2, -0.15) is 0 Å². The lowest BCUT2D eigenvalue weighted by molar-refractivity contribution is 0.210. The largest absolute Gasteiger partial charge is 0.382 e. The molecule has 0 spiro atoms. The number of benzene rings is 1. The summed E-state index contributed by atoms with van der Waals surface area (Å²) in [6.45, 7) is 4.30. The van der Waals surface area contributed by atoms with Crippen LogP contribution in [0.2, 0.25) is 0 Å². The van der Waals surface area contributed by atoms with Crippen LogP contribution in [0.1, 0.15) is 42.7 Å². The molecule has 2 rings (SSSR count). The van der Waals surface area contributed by atoms with Gasteiger partial charge in [0.25, 0.3) is 0 Å². The van der Waals surface area contributed by atoms with Crippen LogP contribution < -0.4 is 0 Å². The van der Waals surface area contributed by atoms with E-state index >= 15 is 0 Å². The number of aryl methyl sites for hydroxylation is 1. The topological polar surface area (TPSA) is 25.2 Å². The molecule has 17 heavy (non-hydrogen) atoms. The second-order valence-electron chi connectivity index (χ2n) is 4.73. The minimum Gasteiger partial charge on any atom is -0.382 e. The van der Waals surface area contributed by atoms with Gasteiger partial charge in [0.1, 0.15) is 6.10 Å². The molecule has 1 aromatic carbocycles. The molecule has 0 fully saturated rings. The van der Waals surface area contributed by atoms with Gasteiger partial charge in [0.15, 0.2) is 0 Å². The zero-order chi connectivity index (χ0) is 12.4. The predicted octanol–water partition coefficient (Wildman–Crippen LogP) is 3.23. The maximum Gasteiger partial charge on any atom is 0.119 e. The first-order chi connectivity index (χ1) is 8.11. The SMILES string of the molecule is CC(C)c1ccccc1[C@@H](O)c1cccn1C. The summed E-state index contributed by atoms with van der Waals surface area (Å²) in [5.41, 5.74) is 3.14. The first-order valence-corrected chi connectivity index (χ1v) is 5.99. The van der Waals surface area contributed by atoms with Crippen molar-refractivity contribution in [1.82, 2.24) is 4.57 Å². The van der Waals surface area contributed by atoms with Crippen molar-refractivity contribution in [1.29, 1.82) is 0 Å². The number of rotatable bonds is 3. The van der Waals surface area contributed by atoms with Gasteiger partial charge in [0.05, 0.1) is 5.69 Å². The molecule has 1 N–H and O–H groups in total. The number of aromatic nitrogens is 1. The molecule has 0 saturated carbocycles. The van der Waals surface area contributed by atoms with E-state index in [2.05, 4.69) is 19.9 Å². The summed E-state index contributed by atoms with van der Waals surface area (Å²) < 4.78 is 1.96. The summed E-state index contributed by atoms with van der Waals surface area (Å²) in [5.74, 6) is 0.418. The van der Waals surface area contributed by atoms with Gasteiger partial charge in [0.2, 0.25) is 0 Å². The third kappa shape index (κ3) is 2.27. The highest BCUT2D eigenvalue weighted by atomic mass is 16.3. The highest BCUT2D eigenvalue weighted by Crippen LogP contribution is 2.29. The molecule has 0 saturated heterocycles. The molecule has 2 heteroatoms. The summed E-state index contributed by atoms with van der Waals surface area (Å²) in [4.78, 5) is 0. The maximum absolute atomic E-state index is 10.5. The third-order valence-electron chi connectivity index (χ3n) is 3.18. The average molecular weight is 229 g/mol. The monoisotopic (exact) mass is 229 g/mol. The van der Waals surface area contributed by atoms with E-state index < -0.39 is 6.10 Å². The summed E-state index contributed by atoms with van der Waals surface area (Å²) in [7, 11) is 1.95. The molecule has 1 atom stereocenters. The van der Waals surface area contributed by atoms with Crippen LogP contribution in [0.25, 0.3) is 0 Å². The van der Waals surface area contributed by atoms with Crippen molar-refractivity contribution < 1.29 is 5.11 Å². The van der Waals surface area contributed by atoms with Crippen LogP contribution in [0.5, 0.6) is 0 Å². The Balaban J connectivity index is 2.44. The molecule has 0 radical (unpaired) electrons. The molecule has 0 aliphatic rings. The van der Waals surface area contributed by atoms with Crippen LogP contribution in [-0.2, 0) is 7.05 Å². The lowest BCUT2D eigenvalue weighted by Gasteiger charge is -2.18. The summed E-state index contributed by atoms with van der Waals surface area (Å²) >= 11 is 0. The zero-order valence-electron chi connectivity index (χ0n) is 10.6. The van der Waals surface area contributed by atoms with Crippen LogP contribution in [0.3, 0.4) is 0 Å². The lowest BCUT2D eigenvalue weighted by Crippen LogP contribution is -2.08. The van der Waals surface area contributed by atoms with Gasteiger partial charge in [-0.1, -0.05) is 38.1 Å². The molecule has 0 bridgehead atoms. The number of nitrogens with zero attached hydrogens (tertiary/aromatic N) is 1. The quantitative estimate of drug-likeness (QED) is 0.858. The van der Waals surface area contributed by atoms with Gasteiger partial charge < -0.3 is 9.67 Å². The zero-order valence-corrected chi connectivity index (χ0v) is 10.6. The molecule has 0 aliphatic carbocycles. The number of hydrogen-bond donors (Lipinski definition) is 1. The second kappa shape index (κ2) is 4.76. The standard InChI is InChI=1S/C15H19NO/c1-11(2)12-7-4-5-8-13(12)15(17)14-9-6-10-16(14)3/h4-11,15,17H,1-3H3/t15-/m1/s1. The molecule has 2 nitrogen and oxygen atoms in total. The molecule has 1 heterocycles. The van der Waals surface area contributed by atoms with E-state index in [1.165, 1.54) is 5.56 Å². The van der Waals surface area contributed by atoms with Crippen molar-refractivity contribution >= 4 is 0 Å². The van der Waals surface area contributed by atoms with E-state index in [0.29, 0.717) is 5.92 Å². The van der Waals surface area contributed by atoms with Crippen LogP contribution >= 0.6 is 0 Å². The first kappa shape index (κ1) is 11.9. The molecular formula is C15H19NO. The molecule has 0 unspecified atom stereocenters. The maximum atomic E-state index is 10.5. The minimum absolute atomic E-state index is 0.418. The summed E-state index contributed by atoms with van der Waals surface area (Å²) in [6, 6.07) is 12.0. The van der Waals surface area contributed by atoms with Crippen molar-refractivity contribution in [3.05, 3.63) is 59.4 Å². The molecule has 90 valence electrons. The minimum atomic E-state index is -0.548. The first-order valence-electron chi connectivity index (χ1n) is 5.99. The van der Waals surface area contributed by atoms with Crippen LogP contribution in [-0.4, -0.2) is 9.67 Å². The van der Waals surface area contributed by atoms with E-state index in [0.717, 1.165) is 11.3 Å². The second-order valence-corrected chi connectivity index (χ2v) is 4.73. The highest BCUT2D eigenvalue weighted by molar-refractivity contribution is 5.35. The van der Waals surface area contributed by atoms with E-state index in [-0.39, 0.29) is 0 Å². The molecule has 2 aromatic rings. The van der Waals surface area contributed by atoms with Gasteiger partial charge in [-0.25, -0.2) is 0 Å². The molecular weight excluding hydrogens is 210 g/mol. The Morgan fingerprint density at radius 2 is 1.65 bits per heavy atom. The third-order valence-corrected chi connectivity index (χ3v) is 3.18. The average Bonchev–Trinajstić information content (AvgIpc) is 2.74. The fraction of sp³-hybridized carbons (Fsp3) is 0.333. The Hall–Kier alpha value is -1.54. The Morgan fingerprint density at radius 3 is 2.18 bits per heavy atom. The smallest absolute Gasteiger partial charge is 0.119 e. The van der Waals surface area contributed by atoms with Crippen LogP contribution in [0, 0.1) is 0 Å². The van der Waals surface area contributed by atoms with E-state index in [9.17, 15) is 5.11 Å². The summed E-state index contributed by atoms with van der Waals surface area (Å²) in [6.07, 6.45) is 1.41. The molecule has 0 amide bonds. The van der Waals surface area contributed by atoms with Crippen LogP contribution in [0.15, 0.2) is 42.6 Å². The fourth-order valence-corrected chi connectivity index (χ4v) is 2.20. The Morgan fingerprint density at radius 1 is 1.00 bits per heavy atom. The van der Waals surface area contributed by atoms with Gasteiger partial charge >= 0.3 is 0 Å². The van der Waals surface area contributed by atoms with Gasteiger partial charge in [-0.05, 0) is 29.2 Å². The molecule has 0 aliphatic heterocycles.